The predicted molar refractivity (Wildman–Crippen MR) is 75.0 cm³/mol. The second kappa shape index (κ2) is 4.63. The van der Waals surface area contributed by atoms with E-state index in [4.69, 9.17) is 28.5 Å². The molecule has 3 heterocycles. The van der Waals surface area contributed by atoms with Gasteiger partial charge in [-0.1, -0.05) is 5.92 Å². The van der Waals surface area contributed by atoms with Crippen LogP contribution in [-0.4, -0.2) is 31.8 Å². The minimum atomic E-state index is -0.927. The molecule has 1 aliphatic heterocycles. The zero-order chi connectivity index (χ0) is 14.3. The number of hydrogen-bond acceptors (Lipinski definition) is 5. The third-order valence-corrected chi connectivity index (χ3v) is 3.73. The summed E-state index contributed by atoms with van der Waals surface area (Å²) in [6.07, 6.45) is 8.21. The van der Waals surface area contributed by atoms with Crippen molar-refractivity contribution in [1.29, 1.82) is 0 Å². The maximum Gasteiger partial charge on any atom is 0.226 e. The van der Waals surface area contributed by atoms with E-state index in [0.717, 1.165) is 0 Å². The molecule has 0 aliphatic carbocycles. The third-order valence-electron chi connectivity index (χ3n) is 3.56. The van der Waals surface area contributed by atoms with Gasteiger partial charge in [-0.05, 0) is 30.5 Å². The number of aromatic nitrogens is 3. The molecule has 0 saturated carbocycles. The molecule has 2 aromatic rings. The molecule has 2 atom stereocenters. The third kappa shape index (κ3) is 1.91. The number of ether oxygens (including phenoxy) is 1. The van der Waals surface area contributed by atoms with Crippen LogP contribution >= 0.6 is 11.6 Å². The second-order valence-electron chi connectivity index (χ2n) is 4.75. The highest BCUT2D eigenvalue weighted by Gasteiger charge is 2.39. The van der Waals surface area contributed by atoms with Crippen LogP contribution in [0.5, 0.6) is 0 Å². The van der Waals surface area contributed by atoms with Crippen LogP contribution in [0.2, 0.25) is 5.28 Å². The van der Waals surface area contributed by atoms with Crippen molar-refractivity contribution in [2.45, 2.75) is 24.7 Å². The standard InChI is InChI=1S/C13H13ClN4O2/c1-2-13(7-19)5-3-9(20-13)18-6-4-8-10(15)16-12(14)17-11(8)18/h1,4,6,9,19H,3,5,7H2,(H2,15,16,17)/t9?,13-/m0/s1. The molecule has 6 nitrogen and oxygen atoms in total. The number of nitrogens with zero attached hydrogens (tertiary/aromatic N) is 3. The Balaban J connectivity index is 2.03. The zero-order valence-electron chi connectivity index (χ0n) is 10.6. The summed E-state index contributed by atoms with van der Waals surface area (Å²) < 4.78 is 7.63. The van der Waals surface area contributed by atoms with E-state index in [0.29, 0.717) is 29.7 Å². The molecular weight excluding hydrogens is 280 g/mol. The first-order valence-corrected chi connectivity index (χ1v) is 6.52. The Hall–Kier alpha value is -1.81. The van der Waals surface area contributed by atoms with E-state index in [1.54, 1.807) is 12.3 Å². The Morgan fingerprint density at radius 1 is 1.65 bits per heavy atom. The van der Waals surface area contributed by atoms with E-state index in [9.17, 15) is 5.11 Å². The lowest BCUT2D eigenvalue weighted by molar-refractivity contribution is -0.0615. The van der Waals surface area contributed by atoms with Crippen molar-refractivity contribution < 1.29 is 9.84 Å². The summed E-state index contributed by atoms with van der Waals surface area (Å²) in [5, 5.41) is 10.2. The molecule has 20 heavy (non-hydrogen) atoms. The number of nitrogen functional groups attached to an aromatic ring is 1. The van der Waals surface area contributed by atoms with Gasteiger partial charge in [0.05, 0.1) is 12.0 Å². The molecule has 1 unspecified atom stereocenters. The molecular formula is C13H13ClN4O2. The second-order valence-corrected chi connectivity index (χ2v) is 5.08. The lowest BCUT2D eigenvalue weighted by atomic mass is 10.0. The lowest BCUT2D eigenvalue weighted by Crippen LogP contribution is -2.31. The van der Waals surface area contributed by atoms with Crippen LogP contribution in [0.15, 0.2) is 12.3 Å². The number of aliphatic hydroxyl groups excluding tert-OH is 1. The smallest absolute Gasteiger partial charge is 0.226 e. The molecule has 104 valence electrons. The molecule has 3 N–H and O–H groups in total. The summed E-state index contributed by atoms with van der Waals surface area (Å²) in [4.78, 5) is 8.09. The van der Waals surface area contributed by atoms with Gasteiger partial charge in [-0.2, -0.15) is 4.98 Å². The van der Waals surface area contributed by atoms with Crippen LogP contribution in [-0.2, 0) is 4.74 Å². The highest BCUT2D eigenvalue weighted by atomic mass is 35.5. The molecule has 1 aliphatic rings. The fourth-order valence-corrected chi connectivity index (χ4v) is 2.63. The van der Waals surface area contributed by atoms with Crippen LogP contribution < -0.4 is 5.73 Å². The van der Waals surface area contributed by atoms with Crippen LogP contribution in [0, 0.1) is 12.3 Å². The average molecular weight is 293 g/mol. The van der Waals surface area contributed by atoms with Gasteiger partial charge >= 0.3 is 0 Å². The molecule has 3 rings (SSSR count). The Labute approximate surface area is 120 Å². The van der Waals surface area contributed by atoms with E-state index in [1.807, 2.05) is 4.57 Å². The topological polar surface area (TPSA) is 86.2 Å². The van der Waals surface area contributed by atoms with Crippen LogP contribution in [0.4, 0.5) is 5.82 Å². The first-order valence-electron chi connectivity index (χ1n) is 6.14. The number of rotatable bonds is 2. The monoisotopic (exact) mass is 292 g/mol. The predicted octanol–water partition coefficient (Wildman–Crippen LogP) is 1.34. The summed E-state index contributed by atoms with van der Waals surface area (Å²) in [5.74, 6) is 2.84. The maximum absolute atomic E-state index is 9.39. The quantitative estimate of drug-likeness (QED) is 0.644. The fourth-order valence-electron chi connectivity index (χ4n) is 2.46. The van der Waals surface area contributed by atoms with Crippen molar-refractivity contribution in [3.63, 3.8) is 0 Å². The first-order chi connectivity index (χ1) is 9.58. The molecule has 1 fully saturated rings. The molecule has 0 amide bonds. The highest BCUT2D eigenvalue weighted by molar-refractivity contribution is 6.28. The van der Waals surface area contributed by atoms with Gasteiger partial charge in [-0.25, -0.2) is 4.98 Å². The molecule has 1 saturated heterocycles. The summed E-state index contributed by atoms with van der Waals surface area (Å²) in [6.45, 7) is -0.211. The van der Waals surface area contributed by atoms with Gasteiger partial charge in [0, 0.05) is 6.20 Å². The normalized spacial score (nSPS) is 25.9. The number of aliphatic hydroxyl groups is 1. The van der Waals surface area contributed by atoms with E-state index in [1.165, 1.54) is 0 Å². The van der Waals surface area contributed by atoms with Crippen LogP contribution in [0.1, 0.15) is 19.1 Å². The number of anilines is 1. The summed E-state index contributed by atoms with van der Waals surface area (Å²) >= 11 is 5.84. The van der Waals surface area contributed by atoms with Crippen molar-refractivity contribution in [3.8, 4) is 12.3 Å². The number of nitrogens with two attached hydrogens (primary N) is 1. The van der Waals surface area contributed by atoms with E-state index < -0.39 is 5.60 Å². The van der Waals surface area contributed by atoms with Gasteiger partial charge < -0.3 is 20.1 Å². The SMILES string of the molecule is C#C[C@@]1(CO)CCC(n2ccc3c(N)nc(Cl)nc32)O1. The van der Waals surface area contributed by atoms with Crippen molar-refractivity contribution in [3.05, 3.63) is 17.5 Å². The van der Waals surface area contributed by atoms with Crippen LogP contribution in [0.25, 0.3) is 11.0 Å². The largest absolute Gasteiger partial charge is 0.392 e. The van der Waals surface area contributed by atoms with Gasteiger partial charge in [0.15, 0.2) is 5.60 Å². The molecule has 0 bridgehead atoms. The molecule has 0 radical (unpaired) electrons. The first kappa shape index (κ1) is 13.2. The zero-order valence-corrected chi connectivity index (χ0v) is 11.3. The average Bonchev–Trinajstić information content (AvgIpc) is 3.02. The van der Waals surface area contributed by atoms with E-state index in [-0.39, 0.29) is 18.1 Å². The van der Waals surface area contributed by atoms with Crippen molar-refractivity contribution in [2.24, 2.45) is 0 Å². The van der Waals surface area contributed by atoms with Crippen molar-refractivity contribution in [1.82, 2.24) is 14.5 Å². The molecule has 0 aromatic carbocycles. The Bertz CT molecular complexity index is 708. The number of terminal acetylenes is 1. The van der Waals surface area contributed by atoms with Gasteiger partial charge in [0.1, 0.15) is 17.7 Å². The Kier molecular flexibility index (Phi) is 3.05. The minimum absolute atomic E-state index is 0.0818. The summed E-state index contributed by atoms with van der Waals surface area (Å²) in [6, 6.07) is 1.80. The molecule has 0 spiro atoms. The fraction of sp³-hybridized carbons (Fsp3) is 0.385. The summed E-state index contributed by atoms with van der Waals surface area (Å²) in [7, 11) is 0. The summed E-state index contributed by atoms with van der Waals surface area (Å²) in [5.41, 5.74) is 5.48. The maximum atomic E-state index is 9.39. The Morgan fingerprint density at radius 2 is 2.45 bits per heavy atom. The number of halogens is 1. The van der Waals surface area contributed by atoms with Crippen molar-refractivity contribution in [2.75, 3.05) is 12.3 Å². The minimum Gasteiger partial charge on any atom is -0.392 e. The molecule has 2 aromatic heterocycles. The van der Waals surface area contributed by atoms with Gasteiger partial charge in [0.2, 0.25) is 5.28 Å². The van der Waals surface area contributed by atoms with Crippen molar-refractivity contribution >= 4 is 28.5 Å². The lowest BCUT2D eigenvalue weighted by Gasteiger charge is -2.21. The van der Waals surface area contributed by atoms with Gasteiger partial charge in [0.25, 0.3) is 0 Å². The van der Waals surface area contributed by atoms with Gasteiger partial charge in [-0.15, -0.1) is 6.42 Å². The van der Waals surface area contributed by atoms with E-state index >= 15 is 0 Å². The highest BCUT2D eigenvalue weighted by Crippen LogP contribution is 2.37. The molecule has 7 heteroatoms. The number of fused-ring (bicyclic) bond motifs is 1. The van der Waals surface area contributed by atoms with Gasteiger partial charge in [-0.3, -0.25) is 0 Å². The Morgan fingerprint density at radius 3 is 3.10 bits per heavy atom. The number of hydrogen-bond donors (Lipinski definition) is 2. The van der Waals surface area contributed by atoms with Crippen LogP contribution in [0.3, 0.4) is 0 Å². The van der Waals surface area contributed by atoms with E-state index in [2.05, 4.69) is 15.9 Å².